The minimum atomic E-state index is 0. The smallest absolute Gasteiger partial charge is 0.254 e. The maximum atomic E-state index is 12.5. The summed E-state index contributed by atoms with van der Waals surface area (Å²) in [7, 11) is 0. The van der Waals surface area contributed by atoms with Crippen LogP contribution in [0.4, 0.5) is 0 Å². The van der Waals surface area contributed by atoms with E-state index in [9.17, 15) is 4.79 Å². The first-order valence-corrected chi connectivity index (χ1v) is 6.83. The minimum absolute atomic E-state index is 0. The summed E-state index contributed by atoms with van der Waals surface area (Å²) >= 11 is 0. The SMILES string of the molecule is CCc1ccccc1C(=O)N1CCCC(CN)C1.Cl. The molecule has 2 N–H and O–H groups in total. The molecule has 106 valence electrons. The number of aryl methyl sites for hydroxylation is 1. The lowest BCUT2D eigenvalue weighted by atomic mass is 9.96. The molecule has 1 saturated heterocycles. The molecule has 19 heavy (non-hydrogen) atoms. The molecule has 0 aliphatic carbocycles. The van der Waals surface area contributed by atoms with Gasteiger partial charge in [0.2, 0.25) is 0 Å². The lowest BCUT2D eigenvalue weighted by Crippen LogP contribution is -2.42. The summed E-state index contributed by atoms with van der Waals surface area (Å²) < 4.78 is 0. The number of nitrogens with zero attached hydrogens (tertiary/aromatic N) is 1. The number of carbonyl (C=O) groups is 1. The molecule has 1 heterocycles. The van der Waals surface area contributed by atoms with Crippen LogP contribution in [0.2, 0.25) is 0 Å². The van der Waals surface area contributed by atoms with E-state index in [1.165, 1.54) is 0 Å². The number of halogens is 1. The quantitative estimate of drug-likeness (QED) is 0.926. The monoisotopic (exact) mass is 282 g/mol. The third-order valence-corrected chi connectivity index (χ3v) is 3.77. The first-order chi connectivity index (χ1) is 8.76. The van der Waals surface area contributed by atoms with Crippen molar-refractivity contribution in [2.24, 2.45) is 11.7 Å². The van der Waals surface area contributed by atoms with Gasteiger partial charge in [-0.1, -0.05) is 25.1 Å². The molecular formula is C15H23ClN2O. The van der Waals surface area contributed by atoms with E-state index in [-0.39, 0.29) is 18.3 Å². The van der Waals surface area contributed by atoms with E-state index < -0.39 is 0 Å². The second-order valence-electron chi connectivity index (χ2n) is 5.01. The van der Waals surface area contributed by atoms with Crippen molar-refractivity contribution in [3.63, 3.8) is 0 Å². The second kappa shape index (κ2) is 7.51. The molecule has 1 aromatic rings. The third-order valence-electron chi connectivity index (χ3n) is 3.77. The van der Waals surface area contributed by atoms with Gasteiger partial charge in [0.05, 0.1) is 0 Å². The van der Waals surface area contributed by atoms with E-state index in [1.807, 2.05) is 29.2 Å². The second-order valence-corrected chi connectivity index (χ2v) is 5.01. The summed E-state index contributed by atoms with van der Waals surface area (Å²) in [5.41, 5.74) is 7.72. The molecule has 0 bridgehead atoms. The highest BCUT2D eigenvalue weighted by molar-refractivity contribution is 5.95. The zero-order chi connectivity index (χ0) is 13.0. The third kappa shape index (κ3) is 3.71. The van der Waals surface area contributed by atoms with Crippen LogP contribution in [0.15, 0.2) is 24.3 Å². The zero-order valence-corrected chi connectivity index (χ0v) is 12.3. The van der Waals surface area contributed by atoms with Gasteiger partial charge >= 0.3 is 0 Å². The van der Waals surface area contributed by atoms with Gasteiger partial charge in [0, 0.05) is 18.7 Å². The van der Waals surface area contributed by atoms with Gasteiger partial charge in [-0.25, -0.2) is 0 Å². The molecule has 0 radical (unpaired) electrons. The summed E-state index contributed by atoms with van der Waals surface area (Å²) in [5.74, 6) is 0.641. The number of likely N-dealkylation sites (tertiary alicyclic amines) is 1. The van der Waals surface area contributed by atoms with Crippen LogP contribution in [0.25, 0.3) is 0 Å². The fourth-order valence-corrected chi connectivity index (χ4v) is 2.65. The Morgan fingerprint density at radius 2 is 2.16 bits per heavy atom. The highest BCUT2D eigenvalue weighted by Crippen LogP contribution is 2.19. The van der Waals surface area contributed by atoms with Crippen molar-refractivity contribution in [1.82, 2.24) is 4.90 Å². The number of nitrogens with two attached hydrogens (primary N) is 1. The molecule has 1 fully saturated rings. The molecule has 1 aliphatic rings. The Labute approximate surface area is 121 Å². The molecule has 1 amide bonds. The van der Waals surface area contributed by atoms with Crippen LogP contribution in [-0.4, -0.2) is 30.4 Å². The van der Waals surface area contributed by atoms with Gasteiger partial charge in [-0.3, -0.25) is 4.79 Å². The van der Waals surface area contributed by atoms with Crippen LogP contribution in [-0.2, 0) is 6.42 Å². The molecule has 3 nitrogen and oxygen atoms in total. The Morgan fingerprint density at radius 3 is 2.84 bits per heavy atom. The summed E-state index contributed by atoms with van der Waals surface area (Å²) in [6.45, 7) is 4.45. The van der Waals surface area contributed by atoms with Crippen molar-refractivity contribution in [1.29, 1.82) is 0 Å². The standard InChI is InChI=1S/C15H22N2O.ClH/c1-2-13-7-3-4-8-14(13)15(18)17-9-5-6-12(10-16)11-17;/h3-4,7-8,12H,2,5-6,9-11,16H2,1H3;1H. The molecule has 0 spiro atoms. The molecule has 1 aromatic carbocycles. The van der Waals surface area contributed by atoms with Crippen molar-refractivity contribution in [3.8, 4) is 0 Å². The number of benzene rings is 1. The first kappa shape index (κ1) is 16.0. The van der Waals surface area contributed by atoms with E-state index in [4.69, 9.17) is 5.73 Å². The lowest BCUT2D eigenvalue weighted by molar-refractivity contribution is 0.0677. The van der Waals surface area contributed by atoms with Crippen LogP contribution in [0.5, 0.6) is 0 Å². The molecule has 0 saturated carbocycles. The number of carbonyl (C=O) groups excluding carboxylic acids is 1. The van der Waals surface area contributed by atoms with Gasteiger partial charge in [0.25, 0.3) is 5.91 Å². The van der Waals surface area contributed by atoms with Gasteiger partial charge in [-0.05, 0) is 43.4 Å². The maximum Gasteiger partial charge on any atom is 0.254 e. The molecule has 1 unspecified atom stereocenters. The van der Waals surface area contributed by atoms with Crippen LogP contribution < -0.4 is 5.73 Å². The number of rotatable bonds is 3. The number of hydrogen-bond donors (Lipinski definition) is 1. The Bertz CT molecular complexity index is 422. The van der Waals surface area contributed by atoms with Crippen molar-refractivity contribution in [2.45, 2.75) is 26.2 Å². The van der Waals surface area contributed by atoms with Crippen molar-refractivity contribution >= 4 is 18.3 Å². The van der Waals surface area contributed by atoms with Gasteiger partial charge in [-0.15, -0.1) is 12.4 Å². The van der Waals surface area contributed by atoms with E-state index in [1.54, 1.807) is 0 Å². The Morgan fingerprint density at radius 1 is 1.42 bits per heavy atom. The predicted octanol–water partition coefficient (Wildman–Crippen LogP) is 2.48. The number of amides is 1. The highest BCUT2D eigenvalue weighted by Gasteiger charge is 2.24. The van der Waals surface area contributed by atoms with Gasteiger partial charge in [0.15, 0.2) is 0 Å². The molecule has 2 rings (SSSR count). The van der Waals surface area contributed by atoms with E-state index in [2.05, 4.69) is 6.92 Å². The van der Waals surface area contributed by atoms with Crippen LogP contribution in [0, 0.1) is 5.92 Å². The van der Waals surface area contributed by atoms with E-state index in [0.717, 1.165) is 43.5 Å². The summed E-state index contributed by atoms with van der Waals surface area (Å²) in [4.78, 5) is 14.5. The fraction of sp³-hybridized carbons (Fsp3) is 0.533. The van der Waals surface area contributed by atoms with E-state index >= 15 is 0 Å². The lowest BCUT2D eigenvalue weighted by Gasteiger charge is -2.32. The Kier molecular flexibility index (Phi) is 6.32. The largest absolute Gasteiger partial charge is 0.338 e. The van der Waals surface area contributed by atoms with Crippen LogP contribution >= 0.6 is 12.4 Å². The fourth-order valence-electron chi connectivity index (χ4n) is 2.65. The van der Waals surface area contributed by atoms with Crippen LogP contribution in [0.3, 0.4) is 0 Å². The predicted molar refractivity (Wildman–Crippen MR) is 80.7 cm³/mol. The summed E-state index contributed by atoms with van der Waals surface area (Å²) in [6.07, 6.45) is 3.12. The number of piperidine rings is 1. The van der Waals surface area contributed by atoms with Crippen molar-refractivity contribution in [3.05, 3.63) is 35.4 Å². The summed E-state index contributed by atoms with van der Waals surface area (Å²) in [5, 5.41) is 0. The van der Waals surface area contributed by atoms with Gasteiger partial charge in [0.1, 0.15) is 0 Å². The first-order valence-electron chi connectivity index (χ1n) is 6.83. The average molecular weight is 283 g/mol. The van der Waals surface area contributed by atoms with Crippen LogP contribution in [0.1, 0.15) is 35.7 Å². The number of hydrogen-bond acceptors (Lipinski definition) is 2. The Balaban J connectivity index is 0.00000180. The van der Waals surface area contributed by atoms with Crippen molar-refractivity contribution < 1.29 is 4.79 Å². The van der Waals surface area contributed by atoms with Crippen molar-refractivity contribution in [2.75, 3.05) is 19.6 Å². The Hall–Kier alpha value is -1.06. The summed E-state index contributed by atoms with van der Waals surface area (Å²) in [6, 6.07) is 7.91. The van der Waals surface area contributed by atoms with Gasteiger partial charge in [-0.2, -0.15) is 0 Å². The average Bonchev–Trinajstić information content (AvgIpc) is 2.46. The normalized spacial score (nSPS) is 18.8. The molecular weight excluding hydrogens is 260 g/mol. The molecule has 1 aliphatic heterocycles. The highest BCUT2D eigenvalue weighted by atomic mass is 35.5. The maximum absolute atomic E-state index is 12.5. The molecule has 4 heteroatoms. The minimum Gasteiger partial charge on any atom is -0.338 e. The van der Waals surface area contributed by atoms with E-state index in [0.29, 0.717) is 12.5 Å². The zero-order valence-electron chi connectivity index (χ0n) is 11.5. The molecule has 1 atom stereocenters. The van der Waals surface area contributed by atoms with Gasteiger partial charge < -0.3 is 10.6 Å². The topological polar surface area (TPSA) is 46.3 Å². The molecule has 0 aromatic heterocycles.